The van der Waals surface area contributed by atoms with Gasteiger partial charge in [-0.1, -0.05) is 0 Å². The minimum absolute atomic E-state index is 0.300. The van der Waals surface area contributed by atoms with Crippen LogP contribution in [0.15, 0.2) is 12.2 Å². The van der Waals surface area contributed by atoms with Crippen LogP contribution in [0.25, 0.3) is 31.9 Å². The van der Waals surface area contributed by atoms with Gasteiger partial charge in [0, 0.05) is 0 Å². The molecule has 0 aliphatic heterocycles. The van der Waals surface area contributed by atoms with Crippen molar-refractivity contribution < 1.29 is 18.0 Å². The van der Waals surface area contributed by atoms with Gasteiger partial charge in [0.15, 0.2) is 11.6 Å². The Morgan fingerprint density at radius 2 is 1.41 bits per heavy atom. The van der Waals surface area contributed by atoms with Crippen molar-refractivity contribution >= 4 is 26.7 Å². The van der Waals surface area contributed by atoms with E-state index in [-0.39, 0.29) is 17.1 Å². The summed E-state index contributed by atoms with van der Waals surface area (Å²) >= 11 is 0. The molecule has 10 nitrogen and oxygen atoms in total. The van der Waals surface area contributed by atoms with E-state index < -0.39 is 16.1 Å². The van der Waals surface area contributed by atoms with Crippen LogP contribution in [-0.2, 0) is 19.9 Å². The zero-order valence-corrected chi connectivity index (χ0v) is 8.90. The van der Waals surface area contributed by atoms with E-state index in [1.165, 1.54) is 9.82 Å². The van der Waals surface area contributed by atoms with Crippen molar-refractivity contribution in [2.45, 2.75) is 6.42 Å². The molecule has 90 valence electrons. The monoisotopic (exact) mass is 256 g/mol. The van der Waals surface area contributed by atoms with Crippen molar-refractivity contribution in [3.05, 3.63) is 44.1 Å². The molecule has 0 saturated heterocycles. The van der Waals surface area contributed by atoms with E-state index in [0.717, 1.165) is 12.2 Å². The highest BCUT2D eigenvalue weighted by Crippen LogP contribution is 1.99. The quantitative estimate of drug-likeness (QED) is 0.269. The number of allylic oxidation sites excluding steroid dienone is 2. The molecule has 0 bridgehead atoms. The maximum absolute atomic E-state index is 10.7. The van der Waals surface area contributed by atoms with Crippen LogP contribution in [-0.4, -0.2) is 24.8 Å². The fourth-order valence-electron chi connectivity index (χ4n) is 0.707. The predicted molar refractivity (Wildman–Crippen MR) is 57.9 cm³/mol. The van der Waals surface area contributed by atoms with Crippen molar-refractivity contribution in [3.63, 3.8) is 0 Å². The SMILES string of the molecule is O=C1C=CC(=O)C(=S(=O)=O)C1.[N-]=[N+]=[N-].[N-]=[N+]=[N-]. The Morgan fingerprint density at radius 3 is 1.71 bits per heavy atom. The van der Waals surface area contributed by atoms with E-state index in [2.05, 4.69) is 0 Å². The number of carbonyl (C=O) groups excluding carboxylic acids is 2. The lowest BCUT2D eigenvalue weighted by Gasteiger charge is -1.99. The fraction of sp³-hybridized carbons (Fsp3) is 0.167. The Kier molecular flexibility index (Phi) is 9.81. The third-order valence-electron chi connectivity index (χ3n) is 1.23. The minimum atomic E-state index is -2.56. The lowest BCUT2D eigenvalue weighted by atomic mass is 10.1. The highest BCUT2D eigenvalue weighted by Gasteiger charge is 2.18. The largest absolute Gasteiger partial charge is 0.373 e. The average Bonchev–Trinajstić information content (AvgIpc) is 2.23. The Morgan fingerprint density at radius 1 is 1.00 bits per heavy atom. The molecule has 17 heavy (non-hydrogen) atoms. The maximum atomic E-state index is 10.7. The Labute approximate surface area is 95.9 Å². The second-order valence-electron chi connectivity index (χ2n) is 2.18. The number of nitrogens with zero attached hydrogens (tertiary/aromatic N) is 6. The van der Waals surface area contributed by atoms with Gasteiger partial charge in [-0.05, 0) is 12.2 Å². The first kappa shape index (κ1) is 16.8. The molecular formula is C6H4N6O4S-2. The molecule has 0 N–H and O–H groups in total. The third-order valence-corrected chi connectivity index (χ3v) is 1.98. The van der Waals surface area contributed by atoms with E-state index in [1.807, 2.05) is 0 Å². The average molecular weight is 256 g/mol. The van der Waals surface area contributed by atoms with Gasteiger partial charge >= 0.3 is 0 Å². The highest BCUT2D eigenvalue weighted by molar-refractivity contribution is 7.75. The summed E-state index contributed by atoms with van der Waals surface area (Å²) in [5.74, 6) is -0.957. The van der Waals surface area contributed by atoms with E-state index >= 15 is 0 Å². The molecule has 0 aromatic carbocycles. The number of hydrogen-bond acceptors (Lipinski definition) is 4. The summed E-state index contributed by atoms with van der Waals surface area (Å²) in [6.45, 7) is 0. The number of ketones is 2. The van der Waals surface area contributed by atoms with Crippen LogP contribution in [0, 0.1) is 0 Å². The third kappa shape index (κ3) is 8.39. The van der Waals surface area contributed by atoms with Crippen LogP contribution < -0.4 is 0 Å². The van der Waals surface area contributed by atoms with E-state index in [1.54, 1.807) is 0 Å². The zero-order chi connectivity index (χ0) is 13.8. The van der Waals surface area contributed by atoms with Crippen LogP contribution >= 0.6 is 0 Å². The van der Waals surface area contributed by atoms with E-state index in [9.17, 15) is 18.0 Å². The molecule has 0 fully saturated rings. The van der Waals surface area contributed by atoms with Gasteiger partial charge in [0.25, 0.3) is 0 Å². The van der Waals surface area contributed by atoms with Crippen molar-refractivity contribution in [1.29, 1.82) is 0 Å². The van der Waals surface area contributed by atoms with Gasteiger partial charge in [-0.2, -0.15) is 8.42 Å². The molecule has 0 radical (unpaired) electrons. The molecule has 1 aliphatic rings. The van der Waals surface area contributed by atoms with Gasteiger partial charge in [-0.3, -0.25) is 19.4 Å². The summed E-state index contributed by atoms with van der Waals surface area (Å²) in [7, 11) is -2.56. The van der Waals surface area contributed by atoms with Gasteiger partial charge in [-0.15, -0.1) is 0 Å². The smallest absolute Gasteiger partial charge is 0.221 e. The van der Waals surface area contributed by atoms with Crippen LogP contribution in [0.5, 0.6) is 0 Å². The molecule has 0 saturated carbocycles. The summed E-state index contributed by atoms with van der Waals surface area (Å²) in [6.07, 6.45) is 1.75. The van der Waals surface area contributed by atoms with Gasteiger partial charge in [0.2, 0.25) is 10.3 Å². The Hall–Kier alpha value is -2.61. The second-order valence-corrected chi connectivity index (χ2v) is 3.14. The fourth-order valence-corrected chi connectivity index (χ4v) is 1.20. The molecule has 0 aromatic heterocycles. The molecule has 0 unspecified atom stereocenters. The van der Waals surface area contributed by atoms with Crippen molar-refractivity contribution in [2.24, 2.45) is 0 Å². The highest BCUT2D eigenvalue weighted by atomic mass is 32.2. The van der Waals surface area contributed by atoms with Crippen LogP contribution in [0.3, 0.4) is 0 Å². The molecule has 0 aromatic rings. The second kappa shape index (κ2) is 9.93. The standard InChI is InChI=1S/C6H4O4S.2N3/c7-4-1-2-5(8)6(3-4)11(9)10;2*1-3-2/h1-2H,3H2;;/q;2*-1. The summed E-state index contributed by atoms with van der Waals surface area (Å²) < 4.78 is 20.5. The first-order valence-corrected chi connectivity index (χ1v) is 4.69. The summed E-state index contributed by atoms with van der Waals surface area (Å²) in [5.41, 5.74) is 27.0. The molecule has 0 atom stereocenters. The molecule has 11 heteroatoms. The van der Waals surface area contributed by atoms with E-state index in [4.69, 9.17) is 22.1 Å². The zero-order valence-electron chi connectivity index (χ0n) is 8.09. The van der Waals surface area contributed by atoms with Gasteiger partial charge in [0.1, 0.15) is 4.86 Å². The summed E-state index contributed by atoms with van der Waals surface area (Å²) in [6, 6.07) is 0. The Bertz CT molecular complexity index is 513. The van der Waals surface area contributed by atoms with E-state index in [0.29, 0.717) is 0 Å². The van der Waals surface area contributed by atoms with Crippen LogP contribution in [0.4, 0.5) is 0 Å². The molecule has 0 amide bonds. The number of carbonyl (C=O) groups is 2. The van der Waals surface area contributed by atoms with Gasteiger partial charge in [0.05, 0.1) is 6.42 Å². The van der Waals surface area contributed by atoms with Crippen LogP contribution in [0.1, 0.15) is 6.42 Å². The molecule has 0 spiro atoms. The van der Waals surface area contributed by atoms with Crippen molar-refractivity contribution in [2.75, 3.05) is 0 Å². The number of hydrogen-bond donors (Lipinski definition) is 0. The topological polar surface area (TPSA) is 186 Å². The summed E-state index contributed by atoms with van der Waals surface area (Å²) in [5, 5.41) is 0. The number of rotatable bonds is 0. The molecule has 1 aliphatic carbocycles. The lowest BCUT2D eigenvalue weighted by molar-refractivity contribution is -0.115. The normalized spacial score (nSPS) is 12.1. The lowest BCUT2D eigenvalue weighted by Crippen LogP contribution is -2.20. The van der Waals surface area contributed by atoms with Gasteiger partial charge < -0.3 is 22.1 Å². The minimum Gasteiger partial charge on any atom is -0.373 e. The molecular weight excluding hydrogens is 252 g/mol. The predicted octanol–water partition coefficient (Wildman–Crippen LogP) is 0.868. The van der Waals surface area contributed by atoms with Crippen molar-refractivity contribution in [3.8, 4) is 0 Å². The first-order chi connectivity index (χ1) is 7.94. The molecule has 0 heterocycles. The van der Waals surface area contributed by atoms with Gasteiger partial charge in [-0.25, -0.2) is 0 Å². The molecule has 1 rings (SSSR count). The Balaban J connectivity index is 0. The first-order valence-electron chi connectivity index (χ1n) is 3.61. The van der Waals surface area contributed by atoms with Crippen LogP contribution in [0.2, 0.25) is 0 Å². The van der Waals surface area contributed by atoms with Crippen molar-refractivity contribution in [1.82, 2.24) is 0 Å². The maximum Gasteiger partial charge on any atom is 0.221 e. The summed E-state index contributed by atoms with van der Waals surface area (Å²) in [4.78, 5) is 24.0.